The average molecular weight is 284 g/mol. The van der Waals surface area contributed by atoms with Gasteiger partial charge in [-0.3, -0.25) is 4.79 Å². The van der Waals surface area contributed by atoms with Crippen LogP contribution in [0.4, 0.5) is 4.79 Å². The fraction of sp³-hybridized carbons (Fsp3) is 0.867. The van der Waals surface area contributed by atoms with Crippen LogP contribution in [0.25, 0.3) is 0 Å². The molecule has 0 radical (unpaired) electrons. The van der Waals surface area contributed by atoms with E-state index in [9.17, 15) is 9.59 Å². The number of hydrogen-bond donors (Lipinski definition) is 2. The fourth-order valence-electron chi connectivity index (χ4n) is 2.88. The number of amides is 2. The van der Waals surface area contributed by atoms with Gasteiger partial charge in [0.2, 0.25) is 0 Å². The topological polar surface area (TPSA) is 69.6 Å². The van der Waals surface area contributed by atoms with Crippen molar-refractivity contribution in [2.75, 3.05) is 13.1 Å². The normalized spacial score (nSPS) is 22.6. The van der Waals surface area contributed by atoms with E-state index in [-0.39, 0.29) is 24.5 Å². The lowest BCUT2D eigenvalue weighted by Crippen LogP contribution is -2.49. The largest absolute Gasteiger partial charge is 0.480 e. The minimum atomic E-state index is -0.962. The number of rotatable bonds is 6. The Hall–Kier alpha value is -1.26. The molecule has 20 heavy (non-hydrogen) atoms. The third-order valence-electron chi connectivity index (χ3n) is 3.89. The van der Waals surface area contributed by atoms with Crippen molar-refractivity contribution in [3.8, 4) is 0 Å². The van der Waals surface area contributed by atoms with Gasteiger partial charge in [0.15, 0.2) is 0 Å². The molecule has 1 aliphatic carbocycles. The highest BCUT2D eigenvalue weighted by Gasteiger charge is 2.25. The number of carbonyl (C=O) groups excluding carboxylic acids is 1. The van der Waals surface area contributed by atoms with Crippen molar-refractivity contribution in [1.82, 2.24) is 10.2 Å². The second-order valence-electron chi connectivity index (χ2n) is 6.26. The van der Waals surface area contributed by atoms with E-state index < -0.39 is 5.97 Å². The Balaban J connectivity index is 2.53. The molecule has 0 aromatic rings. The van der Waals surface area contributed by atoms with Crippen LogP contribution in [0, 0.1) is 11.8 Å². The van der Waals surface area contributed by atoms with Crippen molar-refractivity contribution >= 4 is 12.0 Å². The monoisotopic (exact) mass is 284 g/mol. The Morgan fingerprint density at radius 3 is 2.60 bits per heavy atom. The van der Waals surface area contributed by atoms with E-state index in [1.807, 2.05) is 13.8 Å². The summed E-state index contributed by atoms with van der Waals surface area (Å²) in [5.74, 6) is -0.0159. The summed E-state index contributed by atoms with van der Waals surface area (Å²) in [6, 6.07) is -0.0347. The van der Waals surface area contributed by atoms with Gasteiger partial charge >= 0.3 is 12.0 Å². The molecule has 0 spiro atoms. The van der Waals surface area contributed by atoms with Crippen molar-refractivity contribution in [1.29, 1.82) is 0 Å². The Labute approximate surface area is 121 Å². The molecule has 2 amide bonds. The molecule has 2 N–H and O–H groups in total. The highest BCUT2D eigenvalue weighted by molar-refractivity contribution is 5.80. The molecule has 0 aromatic carbocycles. The summed E-state index contributed by atoms with van der Waals surface area (Å²) in [7, 11) is 0. The summed E-state index contributed by atoms with van der Waals surface area (Å²) in [6.07, 6.45) is 5.56. The van der Waals surface area contributed by atoms with Crippen molar-refractivity contribution in [3.63, 3.8) is 0 Å². The minimum Gasteiger partial charge on any atom is -0.480 e. The fourth-order valence-corrected chi connectivity index (χ4v) is 2.88. The number of carbonyl (C=O) groups is 2. The van der Waals surface area contributed by atoms with Gasteiger partial charge in [-0.2, -0.15) is 0 Å². The number of carboxylic acid groups (broad SMARTS) is 1. The first kappa shape index (κ1) is 16.8. The van der Waals surface area contributed by atoms with Gasteiger partial charge in [-0.1, -0.05) is 40.0 Å². The summed E-state index contributed by atoms with van der Waals surface area (Å²) in [6.45, 7) is 6.39. The lowest BCUT2D eigenvalue weighted by Gasteiger charge is -2.31. The summed E-state index contributed by atoms with van der Waals surface area (Å²) < 4.78 is 0. The molecule has 116 valence electrons. The van der Waals surface area contributed by atoms with Crippen LogP contribution in [0.3, 0.4) is 0 Å². The van der Waals surface area contributed by atoms with Crippen molar-refractivity contribution in [2.24, 2.45) is 11.8 Å². The van der Waals surface area contributed by atoms with Gasteiger partial charge in [-0.15, -0.1) is 0 Å². The number of carboxylic acids is 1. The van der Waals surface area contributed by atoms with E-state index in [4.69, 9.17) is 5.11 Å². The molecular formula is C15H28N2O3. The predicted octanol–water partition coefficient (Wildman–Crippen LogP) is 2.71. The smallest absolute Gasteiger partial charge is 0.323 e. The zero-order chi connectivity index (χ0) is 15.1. The van der Waals surface area contributed by atoms with E-state index in [1.54, 1.807) is 0 Å². The summed E-state index contributed by atoms with van der Waals surface area (Å²) in [4.78, 5) is 24.5. The highest BCUT2D eigenvalue weighted by atomic mass is 16.4. The third kappa shape index (κ3) is 5.80. The Morgan fingerprint density at radius 2 is 2.05 bits per heavy atom. The molecule has 0 saturated heterocycles. The molecule has 0 heterocycles. The molecule has 2 atom stereocenters. The third-order valence-corrected chi connectivity index (χ3v) is 3.89. The summed E-state index contributed by atoms with van der Waals surface area (Å²) in [5, 5.41) is 11.9. The van der Waals surface area contributed by atoms with Gasteiger partial charge in [0.1, 0.15) is 6.54 Å². The maximum atomic E-state index is 12.2. The number of hydrogen-bond acceptors (Lipinski definition) is 2. The molecule has 1 saturated carbocycles. The van der Waals surface area contributed by atoms with Crippen LogP contribution in [0.5, 0.6) is 0 Å². The zero-order valence-electron chi connectivity index (χ0n) is 12.9. The van der Waals surface area contributed by atoms with Crippen molar-refractivity contribution in [2.45, 2.75) is 58.9 Å². The van der Waals surface area contributed by atoms with Crippen LogP contribution in [0.1, 0.15) is 52.9 Å². The van der Waals surface area contributed by atoms with Gasteiger partial charge in [0.25, 0.3) is 0 Å². The maximum absolute atomic E-state index is 12.2. The molecule has 0 aliphatic heterocycles. The highest BCUT2D eigenvalue weighted by Crippen LogP contribution is 2.26. The standard InChI is InChI=1S/C15H28N2O3/c1-4-12-6-5-7-13(8-12)16-15(20)17(9-11(2)3)10-14(18)19/h11-13H,4-10H2,1-3H3,(H,16,20)(H,18,19). The minimum absolute atomic E-state index is 0.199. The summed E-state index contributed by atoms with van der Waals surface area (Å²) in [5.41, 5.74) is 0. The first-order chi connectivity index (χ1) is 9.42. The van der Waals surface area contributed by atoms with Crippen molar-refractivity contribution < 1.29 is 14.7 Å². The molecule has 1 rings (SSSR count). The Bertz CT molecular complexity index is 331. The van der Waals surface area contributed by atoms with Crippen LogP contribution in [0.15, 0.2) is 0 Å². The Morgan fingerprint density at radius 1 is 1.35 bits per heavy atom. The molecule has 1 fully saturated rings. The first-order valence-corrected chi connectivity index (χ1v) is 7.69. The number of urea groups is 1. The van der Waals surface area contributed by atoms with E-state index >= 15 is 0 Å². The van der Waals surface area contributed by atoms with Crippen LogP contribution in [0.2, 0.25) is 0 Å². The first-order valence-electron chi connectivity index (χ1n) is 7.69. The zero-order valence-corrected chi connectivity index (χ0v) is 12.9. The lowest BCUT2D eigenvalue weighted by atomic mass is 9.84. The molecular weight excluding hydrogens is 256 g/mol. The quantitative estimate of drug-likeness (QED) is 0.788. The SMILES string of the molecule is CCC1CCCC(NC(=O)N(CC(=O)O)CC(C)C)C1. The molecule has 2 unspecified atom stereocenters. The summed E-state index contributed by atoms with van der Waals surface area (Å²) >= 11 is 0. The van der Waals surface area contributed by atoms with E-state index in [0.717, 1.165) is 25.7 Å². The van der Waals surface area contributed by atoms with Gasteiger partial charge in [-0.25, -0.2) is 4.79 Å². The van der Waals surface area contributed by atoms with E-state index in [0.29, 0.717) is 12.5 Å². The van der Waals surface area contributed by atoms with Crippen LogP contribution in [-0.2, 0) is 4.79 Å². The van der Waals surface area contributed by atoms with Gasteiger partial charge in [0.05, 0.1) is 0 Å². The van der Waals surface area contributed by atoms with Crippen molar-refractivity contribution in [3.05, 3.63) is 0 Å². The number of nitrogens with one attached hydrogen (secondary N) is 1. The lowest BCUT2D eigenvalue weighted by molar-refractivity contribution is -0.137. The van der Waals surface area contributed by atoms with Crippen LogP contribution in [-0.4, -0.2) is 41.1 Å². The van der Waals surface area contributed by atoms with Crippen LogP contribution < -0.4 is 5.32 Å². The molecule has 5 nitrogen and oxygen atoms in total. The second kappa shape index (κ2) is 8.12. The average Bonchev–Trinajstić information content (AvgIpc) is 2.37. The van der Waals surface area contributed by atoms with Crippen LogP contribution >= 0.6 is 0 Å². The van der Waals surface area contributed by atoms with Gasteiger partial charge in [0, 0.05) is 12.6 Å². The number of aliphatic carboxylic acids is 1. The second-order valence-corrected chi connectivity index (χ2v) is 6.26. The Kier molecular flexibility index (Phi) is 6.82. The van der Waals surface area contributed by atoms with E-state index in [1.165, 1.54) is 11.3 Å². The molecule has 5 heteroatoms. The molecule has 0 bridgehead atoms. The van der Waals surface area contributed by atoms with Gasteiger partial charge < -0.3 is 15.3 Å². The predicted molar refractivity (Wildman–Crippen MR) is 78.6 cm³/mol. The van der Waals surface area contributed by atoms with Gasteiger partial charge in [-0.05, 0) is 24.7 Å². The number of nitrogens with zero attached hydrogens (tertiary/aromatic N) is 1. The molecule has 0 aromatic heterocycles. The maximum Gasteiger partial charge on any atom is 0.323 e. The molecule has 1 aliphatic rings. The van der Waals surface area contributed by atoms with E-state index in [2.05, 4.69) is 12.2 Å².